The minimum absolute atomic E-state index is 0.157. The maximum absolute atomic E-state index is 9.62. The Labute approximate surface area is 140 Å². The molecule has 0 amide bonds. The van der Waals surface area contributed by atoms with E-state index in [0.717, 1.165) is 48.0 Å². The predicted molar refractivity (Wildman–Crippen MR) is 93.6 cm³/mol. The highest BCUT2D eigenvalue weighted by Crippen LogP contribution is 2.27. The lowest BCUT2D eigenvalue weighted by Crippen LogP contribution is -2.28. The van der Waals surface area contributed by atoms with Gasteiger partial charge in [0.15, 0.2) is 0 Å². The summed E-state index contributed by atoms with van der Waals surface area (Å²) in [5.74, 6) is 0.628. The summed E-state index contributed by atoms with van der Waals surface area (Å²) in [4.78, 5) is 9.00. The largest absolute Gasteiger partial charge is 0.393 e. The molecule has 0 saturated heterocycles. The molecule has 6 nitrogen and oxygen atoms in total. The van der Waals surface area contributed by atoms with E-state index in [0.29, 0.717) is 12.0 Å². The van der Waals surface area contributed by atoms with Crippen molar-refractivity contribution in [2.75, 3.05) is 5.32 Å². The Hall–Kier alpha value is -2.47. The van der Waals surface area contributed by atoms with E-state index in [2.05, 4.69) is 32.5 Å². The highest BCUT2D eigenvalue weighted by molar-refractivity contribution is 5.92. The fourth-order valence-corrected chi connectivity index (χ4v) is 3.37. The number of aliphatic hydroxyl groups is 1. The second-order valence-corrected chi connectivity index (χ2v) is 6.40. The highest BCUT2D eigenvalue weighted by Gasteiger charge is 2.20. The van der Waals surface area contributed by atoms with Crippen LogP contribution >= 0.6 is 0 Å². The SMILES string of the molecule is Cn1nc(-c2ccnc(NC3CCC(O)CC3)n2)c2ccccc21. The number of rotatable bonds is 3. The van der Waals surface area contributed by atoms with E-state index in [9.17, 15) is 5.11 Å². The van der Waals surface area contributed by atoms with Gasteiger partial charge in [0, 0.05) is 24.7 Å². The topological polar surface area (TPSA) is 75.9 Å². The lowest BCUT2D eigenvalue weighted by atomic mass is 9.93. The van der Waals surface area contributed by atoms with E-state index in [-0.39, 0.29) is 6.10 Å². The molecule has 0 bridgehead atoms. The predicted octanol–water partition coefficient (Wildman–Crippen LogP) is 2.75. The Morgan fingerprint density at radius 2 is 1.92 bits per heavy atom. The second kappa shape index (κ2) is 6.20. The zero-order valence-corrected chi connectivity index (χ0v) is 13.7. The van der Waals surface area contributed by atoms with Crippen LogP contribution in [0, 0.1) is 0 Å². The summed E-state index contributed by atoms with van der Waals surface area (Å²) >= 11 is 0. The molecule has 1 aromatic carbocycles. The normalized spacial score (nSPS) is 21.1. The van der Waals surface area contributed by atoms with Crippen molar-refractivity contribution in [1.82, 2.24) is 19.7 Å². The van der Waals surface area contributed by atoms with Crippen LogP contribution in [0.5, 0.6) is 0 Å². The van der Waals surface area contributed by atoms with E-state index in [1.807, 2.05) is 29.9 Å². The van der Waals surface area contributed by atoms with Crippen molar-refractivity contribution in [2.45, 2.75) is 37.8 Å². The first kappa shape index (κ1) is 15.1. The molecule has 0 atom stereocenters. The van der Waals surface area contributed by atoms with Gasteiger partial charge in [0.05, 0.1) is 17.3 Å². The Morgan fingerprint density at radius 1 is 1.12 bits per heavy atom. The summed E-state index contributed by atoms with van der Waals surface area (Å²) in [7, 11) is 1.94. The number of benzene rings is 1. The van der Waals surface area contributed by atoms with E-state index in [1.165, 1.54) is 0 Å². The van der Waals surface area contributed by atoms with Crippen LogP contribution in [0.15, 0.2) is 36.5 Å². The average molecular weight is 323 g/mol. The summed E-state index contributed by atoms with van der Waals surface area (Å²) < 4.78 is 1.88. The molecule has 1 aliphatic rings. The van der Waals surface area contributed by atoms with Crippen molar-refractivity contribution in [3.05, 3.63) is 36.5 Å². The minimum Gasteiger partial charge on any atom is -0.393 e. The van der Waals surface area contributed by atoms with Crippen LogP contribution < -0.4 is 5.32 Å². The third kappa shape index (κ3) is 2.85. The van der Waals surface area contributed by atoms with Crippen LogP contribution in [-0.4, -0.2) is 37.0 Å². The number of aliphatic hydroxyl groups excluding tert-OH is 1. The average Bonchev–Trinajstić information content (AvgIpc) is 2.95. The number of nitrogens with zero attached hydrogens (tertiary/aromatic N) is 4. The van der Waals surface area contributed by atoms with Crippen molar-refractivity contribution < 1.29 is 5.11 Å². The van der Waals surface area contributed by atoms with Crippen LogP contribution in [0.2, 0.25) is 0 Å². The molecule has 124 valence electrons. The molecule has 24 heavy (non-hydrogen) atoms. The van der Waals surface area contributed by atoms with Crippen molar-refractivity contribution in [2.24, 2.45) is 7.05 Å². The maximum Gasteiger partial charge on any atom is 0.223 e. The van der Waals surface area contributed by atoms with E-state index >= 15 is 0 Å². The van der Waals surface area contributed by atoms with Gasteiger partial charge in [-0.3, -0.25) is 4.68 Å². The molecule has 2 heterocycles. The Morgan fingerprint density at radius 3 is 2.75 bits per heavy atom. The second-order valence-electron chi connectivity index (χ2n) is 6.40. The first-order chi connectivity index (χ1) is 11.7. The molecule has 2 aromatic heterocycles. The first-order valence-electron chi connectivity index (χ1n) is 8.40. The molecule has 1 aliphatic carbocycles. The molecule has 0 spiro atoms. The van der Waals surface area contributed by atoms with Crippen LogP contribution in [0.1, 0.15) is 25.7 Å². The van der Waals surface area contributed by atoms with Crippen LogP contribution in [0.3, 0.4) is 0 Å². The number of anilines is 1. The lowest BCUT2D eigenvalue weighted by molar-refractivity contribution is 0.126. The molecular formula is C18H21N5O. The number of nitrogens with one attached hydrogen (secondary N) is 1. The van der Waals surface area contributed by atoms with Gasteiger partial charge in [-0.2, -0.15) is 5.10 Å². The van der Waals surface area contributed by atoms with Gasteiger partial charge in [0.2, 0.25) is 5.95 Å². The monoisotopic (exact) mass is 323 g/mol. The third-order valence-electron chi connectivity index (χ3n) is 4.69. The van der Waals surface area contributed by atoms with E-state index < -0.39 is 0 Å². The van der Waals surface area contributed by atoms with E-state index in [4.69, 9.17) is 0 Å². The molecule has 2 N–H and O–H groups in total. The van der Waals surface area contributed by atoms with Crippen molar-refractivity contribution in [3.63, 3.8) is 0 Å². The lowest BCUT2D eigenvalue weighted by Gasteiger charge is -2.26. The number of fused-ring (bicyclic) bond motifs is 1. The fourth-order valence-electron chi connectivity index (χ4n) is 3.37. The van der Waals surface area contributed by atoms with Crippen molar-refractivity contribution in [1.29, 1.82) is 0 Å². The van der Waals surface area contributed by atoms with Crippen LogP contribution in [-0.2, 0) is 7.05 Å². The molecule has 6 heteroatoms. The van der Waals surface area contributed by atoms with Crippen molar-refractivity contribution >= 4 is 16.9 Å². The molecule has 4 rings (SSSR count). The Bertz CT molecular complexity index is 851. The van der Waals surface area contributed by atoms with Gasteiger partial charge in [0.1, 0.15) is 5.69 Å². The van der Waals surface area contributed by atoms with Crippen LogP contribution in [0.4, 0.5) is 5.95 Å². The molecule has 1 fully saturated rings. The molecule has 0 unspecified atom stereocenters. The Kier molecular flexibility index (Phi) is 3.90. The number of aryl methyl sites for hydroxylation is 1. The fraction of sp³-hybridized carbons (Fsp3) is 0.389. The summed E-state index contributed by atoms with van der Waals surface area (Å²) in [6, 6.07) is 10.4. The molecular weight excluding hydrogens is 302 g/mol. The smallest absolute Gasteiger partial charge is 0.223 e. The zero-order chi connectivity index (χ0) is 16.5. The third-order valence-corrected chi connectivity index (χ3v) is 4.69. The summed E-state index contributed by atoms with van der Waals surface area (Å²) in [5.41, 5.74) is 2.78. The maximum atomic E-state index is 9.62. The first-order valence-corrected chi connectivity index (χ1v) is 8.40. The minimum atomic E-state index is -0.157. The highest BCUT2D eigenvalue weighted by atomic mass is 16.3. The quantitative estimate of drug-likeness (QED) is 0.775. The van der Waals surface area contributed by atoms with Gasteiger partial charge in [-0.25, -0.2) is 9.97 Å². The van der Waals surface area contributed by atoms with Crippen LogP contribution in [0.25, 0.3) is 22.3 Å². The number of hydrogen-bond donors (Lipinski definition) is 2. The van der Waals surface area contributed by atoms with Gasteiger partial charge < -0.3 is 10.4 Å². The summed E-state index contributed by atoms with van der Waals surface area (Å²) in [6.45, 7) is 0. The number of hydrogen-bond acceptors (Lipinski definition) is 5. The summed E-state index contributed by atoms with van der Waals surface area (Å²) in [5, 5.41) is 18.7. The van der Waals surface area contributed by atoms with Gasteiger partial charge in [-0.05, 0) is 37.8 Å². The van der Waals surface area contributed by atoms with Crippen molar-refractivity contribution in [3.8, 4) is 11.4 Å². The zero-order valence-electron chi connectivity index (χ0n) is 13.7. The van der Waals surface area contributed by atoms with E-state index in [1.54, 1.807) is 6.20 Å². The van der Waals surface area contributed by atoms with Gasteiger partial charge in [0.25, 0.3) is 0 Å². The number of para-hydroxylation sites is 1. The molecule has 3 aromatic rings. The molecule has 0 aliphatic heterocycles. The van der Waals surface area contributed by atoms with Gasteiger partial charge in [-0.1, -0.05) is 18.2 Å². The Balaban J connectivity index is 1.62. The van der Waals surface area contributed by atoms with Gasteiger partial charge >= 0.3 is 0 Å². The standard InChI is InChI=1S/C18H21N5O/c1-23-16-5-3-2-4-14(16)17(22-23)15-10-11-19-18(21-15)20-12-6-8-13(24)9-7-12/h2-5,10-13,24H,6-9H2,1H3,(H,19,20,21). The number of aromatic nitrogens is 4. The molecule has 1 saturated carbocycles. The summed E-state index contributed by atoms with van der Waals surface area (Å²) in [6.07, 6.45) is 5.17. The van der Waals surface area contributed by atoms with Gasteiger partial charge in [-0.15, -0.1) is 0 Å². The molecule has 0 radical (unpaired) electrons.